The van der Waals surface area contributed by atoms with Crippen LogP contribution in [0.3, 0.4) is 0 Å². The summed E-state index contributed by atoms with van der Waals surface area (Å²) >= 11 is 0. The van der Waals surface area contributed by atoms with Crippen LogP contribution in [0.1, 0.15) is 75.5 Å². The summed E-state index contributed by atoms with van der Waals surface area (Å²) in [6.07, 6.45) is 0.882. The maximum atomic E-state index is 13.1. The first-order valence-corrected chi connectivity index (χ1v) is 12.0. The lowest BCUT2D eigenvalue weighted by Gasteiger charge is -2.29. The number of aryl methyl sites for hydroxylation is 1. The van der Waals surface area contributed by atoms with Crippen molar-refractivity contribution in [3.63, 3.8) is 0 Å². The lowest BCUT2D eigenvalue weighted by atomic mass is 9.82. The van der Waals surface area contributed by atoms with E-state index in [1.165, 1.54) is 19.4 Å². The Balaban J connectivity index is 2.17. The van der Waals surface area contributed by atoms with Crippen molar-refractivity contribution in [2.24, 2.45) is 17.8 Å². The summed E-state index contributed by atoms with van der Waals surface area (Å²) in [5, 5.41) is 0. The number of methoxy groups -OCH3 is 1. The first kappa shape index (κ1) is 28.0. The van der Waals surface area contributed by atoms with Gasteiger partial charge in [-0.15, -0.1) is 0 Å². The van der Waals surface area contributed by atoms with Gasteiger partial charge in [-0.25, -0.2) is 4.98 Å². The summed E-state index contributed by atoms with van der Waals surface area (Å²) in [4.78, 5) is 42.3. The van der Waals surface area contributed by atoms with Gasteiger partial charge in [-0.3, -0.25) is 14.4 Å². The Bertz CT molecular complexity index is 1050. The third-order valence-corrected chi connectivity index (χ3v) is 5.99. The maximum absolute atomic E-state index is 13.1. The third kappa shape index (κ3) is 7.13. The highest BCUT2D eigenvalue weighted by Gasteiger charge is 2.30. The van der Waals surface area contributed by atoms with Gasteiger partial charge in [-0.2, -0.15) is 0 Å². The van der Waals surface area contributed by atoms with E-state index in [1.54, 1.807) is 20.8 Å². The number of ether oxygens (including phenoxy) is 3. The molecule has 7 heteroatoms. The van der Waals surface area contributed by atoms with E-state index in [0.717, 1.165) is 11.1 Å². The topological polar surface area (TPSA) is 91.8 Å². The summed E-state index contributed by atoms with van der Waals surface area (Å²) in [5.41, 5.74) is 2.24. The summed E-state index contributed by atoms with van der Waals surface area (Å²) < 4.78 is 16.5. The maximum Gasteiger partial charge on any atom is 0.313 e. The molecule has 2 rings (SSSR count). The molecule has 0 spiro atoms. The molecule has 0 bridgehead atoms. The Labute approximate surface area is 208 Å². The molecule has 0 N–H and O–H groups in total. The van der Waals surface area contributed by atoms with Crippen LogP contribution in [-0.4, -0.2) is 35.9 Å². The van der Waals surface area contributed by atoms with Crippen molar-refractivity contribution in [3.8, 4) is 11.5 Å². The zero-order valence-electron chi connectivity index (χ0n) is 22.0. The van der Waals surface area contributed by atoms with Gasteiger partial charge in [0.1, 0.15) is 6.10 Å². The SMILES string of the molecule is COc1ccnc(C(=O)C[C@@H](C)C(=O)O[C@@H](C)[C@H](c2ccccc2C)C(C)C)c1OC(=O)C(C)C. The zero-order chi connectivity index (χ0) is 26.3. The Morgan fingerprint density at radius 3 is 2.17 bits per heavy atom. The quantitative estimate of drug-likeness (QED) is 0.306. The Hall–Kier alpha value is -3.22. The predicted octanol–water partition coefficient (Wildman–Crippen LogP) is 5.54. The van der Waals surface area contributed by atoms with E-state index in [4.69, 9.17) is 14.2 Å². The molecule has 0 aliphatic heterocycles. The number of ketones is 1. The number of pyridine rings is 1. The van der Waals surface area contributed by atoms with Gasteiger partial charge < -0.3 is 14.2 Å². The number of hydrogen-bond donors (Lipinski definition) is 0. The minimum absolute atomic E-state index is 0.0187. The molecule has 35 heavy (non-hydrogen) atoms. The highest BCUT2D eigenvalue weighted by molar-refractivity contribution is 6.00. The molecule has 2 aromatic rings. The van der Waals surface area contributed by atoms with Crippen LogP contribution in [-0.2, 0) is 14.3 Å². The average Bonchev–Trinajstić information content (AvgIpc) is 2.80. The Morgan fingerprint density at radius 2 is 1.60 bits per heavy atom. The lowest BCUT2D eigenvalue weighted by molar-refractivity contribution is -0.154. The molecule has 0 fully saturated rings. The molecule has 0 radical (unpaired) electrons. The van der Waals surface area contributed by atoms with Crippen LogP contribution in [0.4, 0.5) is 0 Å². The molecule has 1 aromatic carbocycles. The first-order valence-electron chi connectivity index (χ1n) is 12.0. The highest BCUT2D eigenvalue weighted by atomic mass is 16.6. The van der Waals surface area contributed by atoms with Crippen molar-refractivity contribution < 1.29 is 28.6 Å². The highest BCUT2D eigenvalue weighted by Crippen LogP contribution is 2.34. The van der Waals surface area contributed by atoms with Gasteiger partial charge in [0.05, 0.1) is 18.9 Å². The van der Waals surface area contributed by atoms with Gasteiger partial charge >= 0.3 is 11.9 Å². The third-order valence-electron chi connectivity index (χ3n) is 5.99. The Kier molecular flexibility index (Phi) is 9.99. The standard InChI is InChI=1S/C28H37NO6/c1-16(2)24(21-12-10-9-11-18(21)5)20(7)34-28(32)19(6)15-22(30)25-26(35-27(31)17(3)4)23(33-8)13-14-29-25/h9-14,16-17,19-20,24H,15H2,1-8H3/t19-,20+,24-/m1/s1. The average molecular weight is 484 g/mol. The normalized spacial score (nSPS) is 13.8. The number of carbonyl (C=O) groups excluding carboxylic acids is 3. The number of rotatable bonds is 11. The molecule has 0 saturated carbocycles. The number of esters is 2. The summed E-state index contributed by atoms with van der Waals surface area (Å²) in [5.74, 6) is -2.08. The molecule has 0 aliphatic rings. The molecule has 0 amide bonds. The summed E-state index contributed by atoms with van der Waals surface area (Å²) in [6.45, 7) is 13.2. The minimum atomic E-state index is -0.712. The van der Waals surface area contributed by atoms with Crippen molar-refractivity contribution in [3.05, 3.63) is 53.3 Å². The first-order chi connectivity index (χ1) is 16.5. The molecule has 1 heterocycles. The van der Waals surface area contributed by atoms with Gasteiger partial charge in [-0.1, -0.05) is 58.9 Å². The molecule has 1 aromatic heterocycles. The minimum Gasteiger partial charge on any atom is -0.493 e. The van der Waals surface area contributed by atoms with Crippen LogP contribution in [0, 0.1) is 24.7 Å². The van der Waals surface area contributed by atoms with Crippen LogP contribution in [0.2, 0.25) is 0 Å². The summed E-state index contributed by atoms with van der Waals surface area (Å²) in [7, 11) is 1.41. The number of aromatic nitrogens is 1. The van der Waals surface area contributed by atoms with Gasteiger partial charge in [-0.05, 0) is 30.9 Å². The predicted molar refractivity (Wildman–Crippen MR) is 134 cm³/mol. The van der Waals surface area contributed by atoms with E-state index < -0.39 is 29.6 Å². The fraction of sp³-hybridized carbons (Fsp3) is 0.500. The van der Waals surface area contributed by atoms with Crippen LogP contribution in [0.5, 0.6) is 11.5 Å². The second kappa shape index (κ2) is 12.5. The van der Waals surface area contributed by atoms with Crippen LogP contribution in [0.15, 0.2) is 36.5 Å². The molecule has 0 aliphatic carbocycles. The van der Waals surface area contributed by atoms with Gasteiger partial charge in [0.25, 0.3) is 0 Å². The van der Waals surface area contributed by atoms with Crippen LogP contribution < -0.4 is 9.47 Å². The van der Waals surface area contributed by atoms with Crippen molar-refractivity contribution in [1.29, 1.82) is 0 Å². The van der Waals surface area contributed by atoms with Crippen molar-refractivity contribution in [2.45, 2.75) is 66.9 Å². The molecule has 190 valence electrons. The van der Waals surface area contributed by atoms with Crippen LogP contribution >= 0.6 is 0 Å². The molecule has 0 saturated heterocycles. The van der Waals surface area contributed by atoms with Crippen molar-refractivity contribution >= 4 is 17.7 Å². The van der Waals surface area contributed by atoms with E-state index in [1.807, 2.05) is 32.0 Å². The number of benzene rings is 1. The monoisotopic (exact) mass is 483 g/mol. The zero-order valence-corrected chi connectivity index (χ0v) is 22.0. The molecule has 0 unspecified atom stereocenters. The van der Waals surface area contributed by atoms with E-state index in [9.17, 15) is 14.4 Å². The smallest absolute Gasteiger partial charge is 0.313 e. The second-order valence-corrected chi connectivity index (χ2v) is 9.56. The fourth-order valence-electron chi connectivity index (χ4n) is 4.05. The number of carbonyl (C=O) groups is 3. The molecule has 7 nitrogen and oxygen atoms in total. The van der Waals surface area contributed by atoms with E-state index >= 15 is 0 Å². The van der Waals surface area contributed by atoms with E-state index in [-0.39, 0.29) is 41.6 Å². The van der Waals surface area contributed by atoms with E-state index in [0.29, 0.717) is 0 Å². The van der Waals surface area contributed by atoms with Crippen molar-refractivity contribution in [1.82, 2.24) is 4.98 Å². The lowest BCUT2D eigenvalue weighted by Crippen LogP contribution is -2.30. The fourth-order valence-corrected chi connectivity index (χ4v) is 4.05. The van der Waals surface area contributed by atoms with Gasteiger partial charge in [0.2, 0.25) is 5.75 Å². The van der Waals surface area contributed by atoms with Crippen LogP contribution in [0.25, 0.3) is 0 Å². The number of nitrogens with zero attached hydrogens (tertiary/aromatic N) is 1. The number of Topliss-reactive ketones (excluding diaryl/α,β-unsaturated/α-hetero) is 1. The Morgan fingerprint density at radius 1 is 0.943 bits per heavy atom. The van der Waals surface area contributed by atoms with Gasteiger partial charge in [0, 0.05) is 24.6 Å². The van der Waals surface area contributed by atoms with Crippen molar-refractivity contribution in [2.75, 3.05) is 7.11 Å². The number of hydrogen-bond acceptors (Lipinski definition) is 7. The second-order valence-electron chi connectivity index (χ2n) is 9.56. The molecule has 3 atom stereocenters. The molecular weight excluding hydrogens is 446 g/mol. The molecular formula is C28H37NO6. The largest absolute Gasteiger partial charge is 0.493 e. The van der Waals surface area contributed by atoms with Gasteiger partial charge in [0.15, 0.2) is 17.2 Å². The van der Waals surface area contributed by atoms with E-state index in [2.05, 4.69) is 24.9 Å². The summed E-state index contributed by atoms with van der Waals surface area (Å²) in [6, 6.07) is 9.59.